The molecule has 2 atom stereocenters. The lowest BCUT2D eigenvalue weighted by molar-refractivity contribution is 0.153. The topological polar surface area (TPSA) is 61.4 Å². The number of urea groups is 1. The first-order valence-electron chi connectivity index (χ1n) is 7.90. The van der Waals surface area contributed by atoms with Crippen LogP contribution in [0.2, 0.25) is 0 Å². The number of benzene rings is 1. The lowest BCUT2D eigenvalue weighted by atomic mass is 9.88. The number of aryl methyl sites for hydroxylation is 1. The first-order valence-corrected chi connectivity index (χ1v) is 7.90. The Labute approximate surface area is 125 Å². The summed E-state index contributed by atoms with van der Waals surface area (Å²) in [6.45, 7) is 1.92. The minimum absolute atomic E-state index is 0.00760. The van der Waals surface area contributed by atoms with E-state index in [0.717, 1.165) is 32.1 Å². The van der Waals surface area contributed by atoms with E-state index in [4.69, 9.17) is 0 Å². The number of fused-ring (bicyclic) bond motifs is 1. The minimum atomic E-state index is -0.488. The number of carbonyl (C=O) groups excluding carboxylic acids is 1. The molecule has 1 aromatic carbocycles. The third-order valence-electron chi connectivity index (χ3n) is 4.88. The molecule has 2 aliphatic carbocycles. The highest BCUT2D eigenvalue weighted by Gasteiger charge is 2.42. The maximum Gasteiger partial charge on any atom is 0.315 e. The lowest BCUT2D eigenvalue weighted by Gasteiger charge is -2.31. The molecule has 2 unspecified atom stereocenters. The van der Waals surface area contributed by atoms with Crippen LogP contribution in [0.5, 0.6) is 0 Å². The summed E-state index contributed by atoms with van der Waals surface area (Å²) in [6.07, 6.45) is 5.34. The van der Waals surface area contributed by atoms with E-state index < -0.39 is 5.54 Å². The summed E-state index contributed by atoms with van der Waals surface area (Å²) < 4.78 is 0. The maximum atomic E-state index is 12.3. The number of hydrogen-bond acceptors (Lipinski definition) is 2. The molecule has 0 aromatic heterocycles. The Balaban J connectivity index is 1.66. The van der Waals surface area contributed by atoms with E-state index in [1.54, 1.807) is 0 Å². The third kappa shape index (κ3) is 3.05. The maximum absolute atomic E-state index is 12.3. The smallest absolute Gasteiger partial charge is 0.315 e. The van der Waals surface area contributed by atoms with E-state index in [1.165, 1.54) is 11.1 Å². The summed E-state index contributed by atoms with van der Waals surface area (Å²) in [5.74, 6) is 0.409. The van der Waals surface area contributed by atoms with Gasteiger partial charge in [-0.05, 0) is 56.1 Å². The van der Waals surface area contributed by atoms with Gasteiger partial charge in [-0.25, -0.2) is 4.79 Å². The van der Waals surface area contributed by atoms with Gasteiger partial charge in [0.1, 0.15) is 0 Å². The molecule has 2 aliphatic rings. The van der Waals surface area contributed by atoms with Crippen molar-refractivity contribution in [1.82, 2.24) is 10.6 Å². The zero-order valence-electron chi connectivity index (χ0n) is 12.6. The molecule has 0 bridgehead atoms. The second kappa shape index (κ2) is 5.68. The van der Waals surface area contributed by atoms with Crippen molar-refractivity contribution >= 4 is 6.03 Å². The number of nitrogens with one attached hydrogen (secondary N) is 2. The minimum Gasteiger partial charge on any atom is -0.394 e. The highest BCUT2D eigenvalue weighted by Crippen LogP contribution is 2.39. The van der Waals surface area contributed by atoms with Crippen LogP contribution in [0.3, 0.4) is 0 Å². The Morgan fingerprint density at radius 3 is 2.81 bits per heavy atom. The van der Waals surface area contributed by atoms with E-state index in [-0.39, 0.29) is 18.7 Å². The molecule has 0 heterocycles. The number of rotatable bonds is 4. The van der Waals surface area contributed by atoms with E-state index >= 15 is 0 Å². The molecule has 4 heteroatoms. The van der Waals surface area contributed by atoms with Gasteiger partial charge in [-0.15, -0.1) is 0 Å². The standard InChI is InChI=1S/C17H24N2O2/c1-17(11-20,13-9-10-13)19-16(21)18-15-8-4-6-12-5-2-3-7-14(12)15/h2-3,5,7,13,15,20H,4,6,8-11H2,1H3,(H2,18,19,21). The normalized spacial score (nSPS) is 23.8. The van der Waals surface area contributed by atoms with Crippen LogP contribution >= 0.6 is 0 Å². The molecule has 0 saturated heterocycles. The molecular weight excluding hydrogens is 264 g/mol. The predicted molar refractivity (Wildman–Crippen MR) is 82.0 cm³/mol. The van der Waals surface area contributed by atoms with Gasteiger partial charge in [0.25, 0.3) is 0 Å². The molecule has 0 spiro atoms. The Morgan fingerprint density at radius 2 is 2.10 bits per heavy atom. The number of aliphatic hydroxyl groups is 1. The summed E-state index contributed by atoms with van der Waals surface area (Å²) in [5.41, 5.74) is 2.08. The molecule has 2 amide bonds. The Kier molecular flexibility index (Phi) is 3.89. The van der Waals surface area contributed by atoms with E-state index in [2.05, 4.69) is 28.8 Å². The molecule has 4 nitrogen and oxygen atoms in total. The van der Waals surface area contributed by atoms with Crippen molar-refractivity contribution in [1.29, 1.82) is 0 Å². The number of aliphatic hydroxyl groups excluding tert-OH is 1. The molecular formula is C17H24N2O2. The fraction of sp³-hybridized carbons (Fsp3) is 0.588. The zero-order chi connectivity index (χ0) is 14.9. The summed E-state index contributed by atoms with van der Waals surface area (Å²) in [6, 6.07) is 8.24. The molecule has 0 radical (unpaired) electrons. The van der Waals surface area contributed by atoms with Crippen LogP contribution in [0.1, 0.15) is 49.8 Å². The second-order valence-electron chi connectivity index (χ2n) is 6.59. The first-order chi connectivity index (χ1) is 10.1. The molecule has 21 heavy (non-hydrogen) atoms. The number of carbonyl (C=O) groups is 1. The Morgan fingerprint density at radius 1 is 1.33 bits per heavy atom. The van der Waals surface area contributed by atoms with Crippen molar-refractivity contribution in [3.63, 3.8) is 0 Å². The van der Waals surface area contributed by atoms with Gasteiger partial charge in [-0.2, -0.15) is 0 Å². The van der Waals surface area contributed by atoms with E-state index in [9.17, 15) is 9.90 Å². The largest absolute Gasteiger partial charge is 0.394 e. The van der Waals surface area contributed by atoms with Crippen molar-refractivity contribution in [3.05, 3.63) is 35.4 Å². The quantitative estimate of drug-likeness (QED) is 0.797. The van der Waals surface area contributed by atoms with E-state index in [1.807, 2.05) is 13.0 Å². The highest BCUT2D eigenvalue weighted by molar-refractivity contribution is 5.75. The summed E-state index contributed by atoms with van der Waals surface area (Å²) >= 11 is 0. The Hall–Kier alpha value is -1.55. The molecule has 3 rings (SSSR count). The van der Waals surface area contributed by atoms with Crippen molar-refractivity contribution in [2.24, 2.45) is 5.92 Å². The fourth-order valence-electron chi connectivity index (χ4n) is 3.35. The van der Waals surface area contributed by atoms with Crippen LogP contribution in [0, 0.1) is 5.92 Å². The fourth-order valence-corrected chi connectivity index (χ4v) is 3.35. The van der Waals surface area contributed by atoms with Gasteiger partial charge in [-0.3, -0.25) is 0 Å². The van der Waals surface area contributed by atoms with Crippen molar-refractivity contribution in [2.45, 2.75) is 50.6 Å². The summed E-state index contributed by atoms with van der Waals surface area (Å²) in [4.78, 5) is 12.3. The SMILES string of the molecule is CC(CO)(NC(=O)NC1CCCc2ccccc21)C1CC1. The van der Waals surface area contributed by atoms with Crippen LogP contribution in [0.25, 0.3) is 0 Å². The van der Waals surface area contributed by atoms with Gasteiger partial charge >= 0.3 is 6.03 Å². The van der Waals surface area contributed by atoms with Gasteiger partial charge in [0.15, 0.2) is 0 Å². The number of hydrogen-bond donors (Lipinski definition) is 3. The van der Waals surface area contributed by atoms with Crippen LogP contribution in [-0.4, -0.2) is 23.3 Å². The zero-order valence-corrected chi connectivity index (χ0v) is 12.6. The first kappa shape index (κ1) is 14.4. The summed E-state index contributed by atoms with van der Waals surface area (Å²) in [7, 11) is 0. The number of amides is 2. The summed E-state index contributed by atoms with van der Waals surface area (Å²) in [5, 5.41) is 15.6. The predicted octanol–water partition coefficient (Wildman–Crippen LogP) is 2.52. The van der Waals surface area contributed by atoms with Gasteiger partial charge in [0, 0.05) is 0 Å². The average molecular weight is 288 g/mol. The molecule has 3 N–H and O–H groups in total. The van der Waals surface area contributed by atoms with Crippen molar-refractivity contribution < 1.29 is 9.90 Å². The molecule has 1 aromatic rings. The van der Waals surface area contributed by atoms with Crippen LogP contribution in [-0.2, 0) is 6.42 Å². The van der Waals surface area contributed by atoms with Gasteiger partial charge in [0.2, 0.25) is 0 Å². The molecule has 1 fully saturated rings. The highest BCUT2D eigenvalue weighted by atomic mass is 16.3. The van der Waals surface area contributed by atoms with Gasteiger partial charge < -0.3 is 15.7 Å². The Bertz CT molecular complexity index is 527. The molecule has 114 valence electrons. The lowest BCUT2D eigenvalue weighted by Crippen LogP contribution is -2.54. The van der Waals surface area contributed by atoms with Crippen LogP contribution in [0.4, 0.5) is 4.79 Å². The molecule has 0 aliphatic heterocycles. The molecule has 1 saturated carbocycles. The van der Waals surface area contributed by atoms with Crippen molar-refractivity contribution in [2.75, 3.05) is 6.61 Å². The van der Waals surface area contributed by atoms with Crippen LogP contribution in [0.15, 0.2) is 24.3 Å². The van der Waals surface area contributed by atoms with Crippen LogP contribution < -0.4 is 10.6 Å². The van der Waals surface area contributed by atoms with E-state index in [0.29, 0.717) is 5.92 Å². The van der Waals surface area contributed by atoms with Gasteiger partial charge in [-0.1, -0.05) is 24.3 Å². The van der Waals surface area contributed by atoms with Gasteiger partial charge in [0.05, 0.1) is 18.2 Å². The monoisotopic (exact) mass is 288 g/mol. The second-order valence-corrected chi connectivity index (χ2v) is 6.59. The average Bonchev–Trinajstić information content (AvgIpc) is 3.32. The third-order valence-corrected chi connectivity index (χ3v) is 4.88. The van der Waals surface area contributed by atoms with Crippen molar-refractivity contribution in [3.8, 4) is 0 Å².